The van der Waals surface area contributed by atoms with Crippen molar-refractivity contribution in [3.63, 3.8) is 0 Å². The smallest absolute Gasteiger partial charge is 0.306 e. The molecule has 1 aliphatic heterocycles. The van der Waals surface area contributed by atoms with Gasteiger partial charge in [0.2, 0.25) is 11.8 Å². The summed E-state index contributed by atoms with van der Waals surface area (Å²) < 4.78 is 11.1. The van der Waals surface area contributed by atoms with Crippen LogP contribution in [0.4, 0.5) is 0 Å². The van der Waals surface area contributed by atoms with Crippen molar-refractivity contribution < 1.29 is 44.3 Å². The molecule has 13 heteroatoms. The standard InChI is InChI=1S/C24H46N4O9/c1-4-5-8-15(13(2)36-21-19(26)24(35)37-18(12-29)20(21)31)16(23(33)34)11-17(22(27)32)28(14(3)30)10-7-6-9-25/h13,15-21,24,29,31,35H,4-12,25-26H2,1-3H3,(H2,27,32)(H,33,34)/t13?,15?,16?,17-,18-,19-,20-,21-,24+/m1/s1. The second-order valence-corrected chi connectivity index (χ2v) is 9.73. The molecule has 0 radical (unpaired) electrons. The molecule has 0 saturated carbocycles. The van der Waals surface area contributed by atoms with E-state index >= 15 is 0 Å². The molecule has 0 aliphatic carbocycles. The summed E-state index contributed by atoms with van der Waals surface area (Å²) >= 11 is 0. The van der Waals surface area contributed by atoms with Crippen molar-refractivity contribution in [3.8, 4) is 0 Å². The monoisotopic (exact) mass is 534 g/mol. The number of primary amides is 1. The van der Waals surface area contributed by atoms with Gasteiger partial charge in [0, 0.05) is 13.5 Å². The summed E-state index contributed by atoms with van der Waals surface area (Å²) in [5.74, 6) is -4.17. The van der Waals surface area contributed by atoms with E-state index in [1.54, 1.807) is 6.92 Å². The molecule has 2 amide bonds. The fourth-order valence-electron chi connectivity index (χ4n) is 4.88. The molecule has 216 valence electrons. The highest BCUT2D eigenvalue weighted by atomic mass is 16.6. The molecule has 37 heavy (non-hydrogen) atoms. The maximum Gasteiger partial charge on any atom is 0.306 e. The van der Waals surface area contributed by atoms with Gasteiger partial charge in [0.25, 0.3) is 0 Å². The molecule has 0 bridgehead atoms. The van der Waals surface area contributed by atoms with Crippen LogP contribution >= 0.6 is 0 Å². The zero-order chi connectivity index (χ0) is 28.3. The third kappa shape index (κ3) is 9.43. The Kier molecular flexibility index (Phi) is 14.5. The summed E-state index contributed by atoms with van der Waals surface area (Å²) in [6.45, 7) is 4.91. The summed E-state index contributed by atoms with van der Waals surface area (Å²) in [5.41, 5.74) is 17.2. The van der Waals surface area contributed by atoms with Crippen molar-refractivity contribution in [2.24, 2.45) is 29.0 Å². The molecule has 0 aromatic rings. The number of hydrogen-bond donors (Lipinski definition) is 7. The molecule has 1 heterocycles. The first-order valence-corrected chi connectivity index (χ1v) is 12.9. The summed E-state index contributed by atoms with van der Waals surface area (Å²) in [7, 11) is 0. The van der Waals surface area contributed by atoms with Gasteiger partial charge in [-0.3, -0.25) is 14.4 Å². The molecular weight excluding hydrogens is 488 g/mol. The minimum atomic E-state index is -1.50. The largest absolute Gasteiger partial charge is 0.481 e. The van der Waals surface area contributed by atoms with Crippen LogP contribution in [0.5, 0.6) is 0 Å². The van der Waals surface area contributed by atoms with Crippen LogP contribution < -0.4 is 17.2 Å². The predicted molar refractivity (Wildman–Crippen MR) is 134 cm³/mol. The fraction of sp³-hybridized carbons (Fsp3) is 0.875. The Morgan fingerprint density at radius 2 is 1.81 bits per heavy atom. The molecule has 1 fully saturated rings. The number of rotatable bonds is 17. The van der Waals surface area contributed by atoms with E-state index in [1.165, 1.54) is 11.8 Å². The van der Waals surface area contributed by atoms with Crippen LogP contribution in [0, 0.1) is 11.8 Å². The summed E-state index contributed by atoms with van der Waals surface area (Å²) in [4.78, 5) is 38.6. The predicted octanol–water partition coefficient (Wildman–Crippen LogP) is -1.50. The number of aliphatic carboxylic acids is 1. The first-order valence-electron chi connectivity index (χ1n) is 12.9. The Balaban J connectivity index is 3.25. The van der Waals surface area contributed by atoms with E-state index in [4.69, 9.17) is 26.7 Å². The zero-order valence-electron chi connectivity index (χ0n) is 22.1. The molecule has 3 unspecified atom stereocenters. The number of nitrogens with two attached hydrogens (primary N) is 3. The van der Waals surface area contributed by atoms with Gasteiger partial charge >= 0.3 is 5.97 Å². The molecule has 0 aromatic carbocycles. The van der Waals surface area contributed by atoms with Crippen molar-refractivity contribution in [1.82, 2.24) is 4.90 Å². The molecule has 0 aromatic heterocycles. The second kappa shape index (κ2) is 16.2. The number of unbranched alkanes of at least 4 members (excludes halogenated alkanes) is 2. The first kappa shape index (κ1) is 33.2. The number of carbonyl (C=O) groups is 3. The number of ether oxygens (including phenoxy) is 2. The van der Waals surface area contributed by atoms with Gasteiger partial charge in [-0.05, 0) is 45.1 Å². The average Bonchev–Trinajstić information content (AvgIpc) is 2.83. The highest BCUT2D eigenvalue weighted by Gasteiger charge is 2.46. The van der Waals surface area contributed by atoms with Crippen molar-refractivity contribution in [1.29, 1.82) is 0 Å². The van der Waals surface area contributed by atoms with Crippen LogP contribution in [-0.4, -0.2) is 106 Å². The number of carboxylic acids is 1. The fourth-order valence-corrected chi connectivity index (χ4v) is 4.88. The van der Waals surface area contributed by atoms with E-state index in [-0.39, 0.29) is 13.0 Å². The van der Waals surface area contributed by atoms with Crippen LogP contribution in [0.2, 0.25) is 0 Å². The molecule has 1 rings (SSSR count). The number of carbonyl (C=O) groups excluding carboxylic acids is 2. The van der Waals surface area contributed by atoms with Gasteiger partial charge < -0.3 is 52.0 Å². The number of nitrogens with zero attached hydrogens (tertiary/aromatic N) is 1. The Hall–Kier alpha value is -1.87. The number of aliphatic hydroxyl groups excluding tert-OH is 3. The molecule has 0 spiro atoms. The Morgan fingerprint density at radius 3 is 2.30 bits per heavy atom. The first-order chi connectivity index (χ1) is 17.4. The normalized spacial score (nSPS) is 27.2. The van der Waals surface area contributed by atoms with E-state index in [9.17, 15) is 34.8 Å². The Labute approximate surface area is 218 Å². The molecule has 10 N–H and O–H groups in total. The minimum absolute atomic E-state index is 0.210. The lowest BCUT2D eigenvalue weighted by molar-refractivity contribution is -0.266. The number of aliphatic hydroxyl groups is 3. The van der Waals surface area contributed by atoms with Gasteiger partial charge in [-0.25, -0.2) is 0 Å². The number of hydrogen-bond acceptors (Lipinski definition) is 10. The summed E-state index contributed by atoms with van der Waals surface area (Å²) in [6.07, 6.45) is -3.18. The maximum atomic E-state index is 12.5. The Bertz CT molecular complexity index is 728. The van der Waals surface area contributed by atoms with Crippen molar-refractivity contribution >= 4 is 17.8 Å². The maximum absolute atomic E-state index is 12.5. The highest BCUT2D eigenvalue weighted by Crippen LogP contribution is 2.32. The SMILES string of the molecule is CCCCC(C(C)O[C@@H]1[C@@H](N)[C@@H](O)O[C@H](CO)[C@H]1O)C(C[C@H](C(N)=O)N(CCCCN)C(C)=O)C(=O)O. The molecule has 9 atom stereocenters. The number of amides is 2. The lowest BCUT2D eigenvalue weighted by atomic mass is 9.79. The van der Waals surface area contributed by atoms with Gasteiger partial charge in [0.15, 0.2) is 6.29 Å². The second-order valence-electron chi connectivity index (χ2n) is 9.73. The van der Waals surface area contributed by atoms with Crippen molar-refractivity contribution in [2.45, 2.75) is 102 Å². The zero-order valence-corrected chi connectivity index (χ0v) is 22.1. The summed E-state index contributed by atoms with van der Waals surface area (Å²) in [6, 6.07) is -2.30. The van der Waals surface area contributed by atoms with E-state index in [0.29, 0.717) is 32.2 Å². The Morgan fingerprint density at radius 1 is 1.16 bits per heavy atom. The molecule has 1 saturated heterocycles. The average molecular weight is 535 g/mol. The topological polar surface area (TPSA) is 232 Å². The summed E-state index contributed by atoms with van der Waals surface area (Å²) in [5, 5.41) is 40.4. The van der Waals surface area contributed by atoms with Gasteiger partial charge in [-0.1, -0.05) is 19.8 Å². The highest BCUT2D eigenvalue weighted by molar-refractivity contribution is 5.86. The van der Waals surface area contributed by atoms with Crippen LogP contribution in [0.25, 0.3) is 0 Å². The van der Waals surface area contributed by atoms with Crippen LogP contribution in [0.15, 0.2) is 0 Å². The van der Waals surface area contributed by atoms with Gasteiger partial charge in [0.05, 0.1) is 24.7 Å². The number of carboxylic acid groups (broad SMARTS) is 1. The van der Waals surface area contributed by atoms with Crippen molar-refractivity contribution in [3.05, 3.63) is 0 Å². The molecule has 13 nitrogen and oxygen atoms in total. The van der Waals surface area contributed by atoms with Crippen molar-refractivity contribution in [2.75, 3.05) is 19.7 Å². The van der Waals surface area contributed by atoms with E-state index in [0.717, 1.165) is 6.42 Å². The van der Waals surface area contributed by atoms with Gasteiger partial charge in [-0.2, -0.15) is 0 Å². The van der Waals surface area contributed by atoms with Crippen LogP contribution in [-0.2, 0) is 23.9 Å². The van der Waals surface area contributed by atoms with E-state index < -0.39 is 79.0 Å². The molecule has 1 aliphatic rings. The quantitative estimate of drug-likeness (QED) is 0.106. The van der Waals surface area contributed by atoms with E-state index in [2.05, 4.69) is 0 Å². The van der Waals surface area contributed by atoms with Gasteiger partial charge in [0.1, 0.15) is 24.4 Å². The lowest BCUT2D eigenvalue weighted by Crippen LogP contribution is -2.63. The van der Waals surface area contributed by atoms with E-state index in [1.807, 2.05) is 6.92 Å². The van der Waals surface area contributed by atoms with Gasteiger partial charge in [-0.15, -0.1) is 0 Å². The third-order valence-electron chi connectivity index (χ3n) is 7.06. The van der Waals surface area contributed by atoms with Crippen LogP contribution in [0.1, 0.15) is 59.3 Å². The molecular formula is C24H46N4O9. The lowest BCUT2D eigenvalue weighted by Gasteiger charge is -2.43. The third-order valence-corrected chi connectivity index (χ3v) is 7.06. The van der Waals surface area contributed by atoms with Crippen LogP contribution in [0.3, 0.4) is 0 Å². The minimum Gasteiger partial charge on any atom is -0.481 e.